The summed E-state index contributed by atoms with van der Waals surface area (Å²) in [6.07, 6.45) is 0. The molecule has 0 unspecified atom stereocenters. The van der Waals surface area contributed by atoms with Gasteiger partial charge in [-0.25, -0.2) is 0 Å². The van der Waals surface area contributed by atoms with E-state index in [4.69, 9.17) is 9.47 Å². The Morgan fingerprint density at radius 1 is 1.33 bits per heavy atom. The summed E-state index contributed by atoms with van der Waals surface area (Å²) in [6, 6.07) is 8.06. The largest absolute Gasteiger partial charge is 0.497 e. The van der Waals surface area contributed by atoms with Crippen molar-refractivity contribution in [2.24, 2.45) is 0 Å². The Labute approximate surface area is 91.4 Å². The maximum absolute atomic E-state index is 5.23. The van der Waals surface area contributed by atoms with Crippen LogP contribution < -0.4 is 10.1 Å². The van der Waals surface area contributed by atoms with Gasteiger partial charge in [0, 0.05) is 19.7 Å². The molecule has 0 heterocycles. The SMILES string of the molecule is CCOCCNCc1cccc(OC)c1. The Morgan fingerprint density at radius 3 is 2.93 bits per heavy atom. The third-order valence-corrected chi connectivity index (χ3v) is 2.09. The molecule has 0 amide bonds. The molecule has 84 valence electrons. The summed E-state index contributed by atoms with van der Waals surface area (Å²) in [5, 5.41) is 3.31. The predicted molar refractivity (Wildman–Crippen MR) is 61.2 cm³/mol. The van der Waals surface area contributed by atoms with Gasteiger partial charge in [0.05, 0.1) is 13.7 Å². The molecule has 3 heteroatoms. The van der Waals surface area contributed by atoms with Gasteiger partial charge in [-0.3, -0.25) is 0 Å². The first kappa shape index (κ1) is 12.0. The van der Waals surface area contributed by atoms with Crippen LogP contribution in [0.4, 0.5) is 0 Å². The van der Waals surface area contributed by atoms with E-state index in [1.165, 1.54) is 5.56 Å². The highest BCUT2D eigenvalue weighted by molar-refractivity contribution is 5.28. The van der Waals surface area contributed by atoms with Crippen LogP contribution in [0.3, 0.4) is 0 Å². The standard InChI is InChI=1S/C12H19NO2/c1-3-15-8-7-13-10-11-5-4-6-12(9-11)14-2/h4-6,9,13H,3,7-8,10H2,1-2H3. The van der Waals surface area contributed by atoms with Crippen LogP contribution in [0.15, 0.2) is 24.3 Å². The molecule has 0 saturated heterocycles. The first-order chi connectivity index (χ1) is 7.36. The lowest BCUT2D eigenvalue weighted by Crippen LogP contribution is -2.19. The van der Waals surface area contributed by atoms with Crippen LogP contribution >= 0.6 is 0 Å². The third-order valence-electron chi connectivity index (χ3n) is 2.09. The zero-order valence-electron chi connectivity index (χ0n) is 9.45. The van der Waals surface area contributed by atoms with E-state index in [1.807, 2.05) is 25.1 Å². The quantitative estimate of drug-likeness (QED) is 0.695. The van der Waals surface area contributed by atoms with Crippen molar-refractivity contribution in [1.82, 2.24) is 5.32 Å². The van der Waals surface area contributed by atoms with E-state index in [1.54, 1.807) is 7.11 Å². The Morgan fingerprint density at radius 2 is 2.20 bits per heavy atom. The van der Waals surface area contributed by atoms with E-state index in [-0.39, 0.29) is 0 Å². The van der Waals surface area contributed by atoms with Gasteiger partial charge in [0.25, 0.3) is 0 Å². The summed E-state index contributed by atoms with van der Waals surface area (Å²) < 4.78 is 10.4. The highest BCUT2D eigenvalue weighted by Crippen LogP contribution is 2.11. The van der Waals surface area contributed by atoms with Gasteiger partial charge in [-0.15, -0.1) is 0 Å². The van der Waals surface area contributed by atoms with Gasteiger partial charge in [0.15, 0.2) is 0 Å². The van der Waals surface area contributed by atoms with Crippen molar-refractivity contribution in [3.8, 4) is 5.75 Å². The maximum atomic E-state index is 5.23. The summed E-state index contributed by atoms with van der Waals surface area (Å²) >= 11 is 0. The molecule has 1 rings (SSSR count). The van der Waals surface area contributed by atoms with Crippen molar-refractivity contribution in [2.75, 3.05) is 26.9 Å². The number of benzene rings is 1. The number of rotatable bonds is 7. The topological polar surface area (TPSA) is 30.5 Å². The molecule has 1 aromatic carbocycles. The fourth-order valence-corrected chi connectivity index (χ4v) is 1.30. The van der Waals surface area contributed by atoms with Crippen LogP contribution in [0, 0.1) is 0 Å². The van der Waals surface area contributed by atoms with Gasteiger partial charge in [0.1, 0.15) is 5.75 Å². The smallest absolute Gasteiger partial charge is 0.119 e. The molecule has 0 atom stereocenters. The van der Waals surface area contributed by atoms with Crippen molar-refractivity contribution < 1.29 is 9.47 Å². The summed E-state index contributed by atoms with van der Waals surface area (Å²) in [6.45, 7) is 5.28. The lowest BCUT2D eigenvalue weighted by atomic mass is 10.2. The first-order valence-corrected chi connectivity index (χ1v) is 5.28. The van der Waals surface area contributed by atoms with Crippen molar-refractivity contribution in [3.63, 3.8) is 0 Å². The average Bonchev–Trinajstić information content (AvgIpc) is 2.29. The lowest BCUT2D eigenvalue weighted by molar-refractivity contribution is 0.149. The summed E-state index contributed by atoms with van der Waals surface area (Å²) in [4.78, 5) is 0. The summed E-state index contributed by atoms with van der Waals surface area (Å²) in [5.74, 6) is 0.902. The number of hydrogen-bond donors (Lipinski definition) is 1. The van der Waals surface area contributed by atoms with Crippen LogP contribution in [0.5, 0.6) is 5.75 Å². The fourth-order valence-electron chi connectivity index (χ4n) is 1.30. The molecule has 1 N–H and O–H groups in total. The van der Waals surface area contributed by atoms with E-state index in [9.17, 15) is 0 Å². The molecule has 0 radical (unpaired) electrons. The second-order valence-electron chi connectivity index (χ2n) is 3.23. The Balaban J connectivity index is 2.24. The van der Waals surface area contributed by atoms with Gasteiger partial charge >= 0.3 is 0 Å². The van der Waals surface area contributed by atoms with Crippen LogP contribution in [0.25, 0.3) is 0 Å². The number of methoxy groups -OCH3 is 1. The van der Waals surface area contributed by atoms with Gasteiger partial charge in [-0.05, 0) is 24.6 Å². The maximum Gasteiger partial charge on any atom is 0.119 e. The zero-order chi connectivity index (χ0) is 10.9. The molecule has 1 aromatic rings. The van der Waals surface area contributed by atoms with Gasteiger partial charge in [0.2, 0.25) is 0 Å². The lowest BCUT2D eigenvalue weighted by Gasteiger charge is -2.06. The van der Waals surface area contributed by atoms with Gasteiger partial charge in [-0.2, -0.15) is 0 Å². The molecule has 0 aliphatic rings. The van der Waals surface area contributed by atoms with Crippen LogP contribution in [0.1, 0.15) is 12.5 Å². The Kier molecular flexibility index (Phi) is 5.81. The molecular formula is C12H19NO2. The van der Waals surface area contributed by atoms with Crippen LogP contribution in [-0.2, 0) is 11.3 Å². The number of hydrogen-bond acceptors (Lipinski definition) is 3. The number of nitrogens with one attached hydrogen (secondary N) is 1. The minimum Gasteiger partial charge on any atom is -0.497 e. The van der Waals surface area contributed by atoms with E-state index in [0.29, 0.717) is 0 Å². The van der Waals surface area contributed by atoms with Crippen molar-refractivity contribution in [2.45, 2.75) is 13.5 Å². The highest BCUT2D eigenvalue weighted by atomic mass is 16.5. The van der Waals surface area contributed by atoms with E-state index in [2.05, 4.69) is 11.4 Å². The third kappa shape index (κ3) is 4.81. The van der Waals surface area contributed by atoms with Crippen molar-refractivity contribution in [1.29, 1.82) is 0 Å². The van der Waals surface area contributed by atoms with E-state index in [0.717, 1.165) is 32.1 Å². The highest BCUT2D eigenvalue weighted by Gasteiger charge is 1.94. The second kappa shape index (κ2) is 7.26. The molecule has 0 fully saturated rings. The Bertz CT molecular complexity index is 276. The minimum atomic E-state index is 0.764. The van der Waals surface area contributed by atoms with Crippen molar-refractivity contribution in [3.05, 3.63) is 29.8 Å². The molecular weight excluding hydrogens is 190 g/mol. The van der Waals surface area contributed by atoms with Gasteiger partial charge in [-0.1, -0.05) is 12.1 Å². The monoisotopic (exact) mass is 209 g/mol. The summed E-state index contributed by atoms with van der Waals surface area (Å²) in [5.41, 5.74) is 1.23. The second-order valence-corrected chi connectivity index (χ2v) is 3.23. The van der Waals surface area contributed by atoms with Crippen molar-refractivity contribution >= 4 is 0 Å². The van der Waals surface area contributed by atoms with E-state index >= 15 is 0 Å². The molecule has 0 spiro atoms. The molecule has 0 aliphatic carbocycles. The van der Waals surface area contributed by atoms with E-state index < -0.39 is 0 Å². The molecule has 0 saturated carbocycles. The summed E-state index contributed by atoms with van der Waals surface area (Å²) in [7, 11) is 1.68. The molecule has 0 bridgehead atoms. The molecule has 0 aliphatic heterocycles. The minimum absolute atomic E-state index is 0.764. The zero-order valence-corrected chi connectivity index (χ0v) is 9.45. The average molecular weight is 209 g/mol. The molecule has 15 heavy (non-hydrogen) atoms. The normalized spacial score (nSPS) is 10.3. The van der Waals surface area contributed by atoms with Gasteiger partial charge < -0.3 is 14.8 Å². The molecule has 0 aromatic heterocycles. The Hall–Kier alpha value is -1.06. The predicted octanol–water partition coefficient (Wildman–Crippen LogP) is 1.82. The van der Waals surface area contributed by atoms with Crippen LogP contribution in [-0.4, -0.2) is 26.9 Å². The molecule has 3 nitrogen and oxygen atoms in total. The first-order valence-electron chi connectivity index (χ1n) is 5.28. The fraction of sp³-hybridized carbons (Fsp3) is 0.500. The van der Waals surface area contributed by atoms with Crippen LogP contribution in [0.2, 0.25) is 0 Å². The number of ether oxygens (including phenoxy) is 2.